The molecule has 0 radical (unpaired) electrons. The molecule has 0 bridgehead atoms. The normalized spacial score (nSPS) is 10.2. The van der Waals surface area contributed by atoms with E-state index in [1.165, 1.54) is 6.07 Å². The van der Waals surface area contributed by atoms with Crippen LogP contribution in [0.5, 0.6) is 0 Å². The minimum Gasteiger partial charge on any atom is -0.264 e. The Kier molecular flexibility index (Phi) is 3.32. The van der Waals surface area contributed by atoms with Crippen LogP contribution in [-0.2, 0) is 9.61 Å². The molecule has 0 aliphatic carbocycles. The van der Waals surface area contributed by atoms with E-state index in [1.807, 2.05) is 0 Å². The van der Waals surface area contributed by atoms with Crippen molar-refractivity contribution in [2.45, 2.75) is 0 Å². The van der Waals surface area contributed by atoms with Gasteiger partial charge in [0.2, 0.25) is 0 Å². The van der Waals surface area contributed by atoms with Crippen LogP contribution in [0.1, 0.15) is 0 Å². The molecule has 0 amide bonds. The van der Waals surface area contributed by atoms with Gasteiger partial charge in [-0.2, -0.15) is 0 Å². The summed E-state index contributed by atoms with van der Waals surface area (Å²) in [7, 11) is -1.75. The fourth-order valence-corrected chi connectivity index (χ4v) is 0.835. The zero-order valence-electron chi connectivity index (χ0n) is 6.28. The van der Waals surface area contributed by atoms with Crippen molar-refractivity contribution in [2.75, 3.05) is 0 Å². The van der Waals surface area contributed by atoms with Gasteiger partial charge in [0.25, 0.3) is 0 Å². The molecule has 0 fully saturated rings. The van der Waals surface area contributed by atoms with Crippen LogP contribution in [0.2, 0.25) is 0 Å². The highest BCUT2D eigenvalue weighted by atomic mass is 19.2. The Morgan fingerprint density at radius 2 is 1.77 bits per heavy atom. The van der Waals surface area contributed by atoms with Crippen molar-refractivity contribution in [1.29, 1.82) is 0 Å². The second-order valence-corrected chi connectivity index (χ2v) is 2.19. The van der Waals surface area contributed by atoms with E-state index >= 15 is 0 Å². The molecule has 1 aromatic carbocycles. The average molecular weight is 190 g/mol. The van der Waals surface area contributed by atoms with Gasteiger partial charge in [-0.1, -0.05) is 12.1 Å². The average Bonchev–Trinajstić information content (AvgIpc) is 2.14. The molecule has 0 spiro atoms. The minimum atomic E-state index is -1.75. The van der Waals surface area contributed by atoms with Crippen LogP contribution in [-0.4, -0.2) is 17.6 Å². The summed E-state index contributed by atoms with van der Waals surface area (Å²) >= 11 is 0. The number of hydrogen-bond donors (Lipinski definition) is 2. The predicted molar refractivity (Wildman–Crippen MR) is 39.2 cm³/mol. The first-order valence-electron chi connectivity index (χ1n) is 3.25. The fraction of sp³-hybridized carbons (Fsp3) is 0. The minimum absolute atomic E-state index is 0.440. The van der Waals surface area contributed by atoms with Crippen LogP contribution in [0.25, 0.3) is 0 Å². The van der Waals surface area contributed by atoms with Gasteiger partial charge >= 0.3 is 7.12 Å². The maximum atomic E-state index is 12.9. The Bertz CT molecular complexity index is 292. The lowest BCUT2D eigenvalue weighted by Gasteiger charge is -2.05. The molecule has 0 saturated carbocycles. The first-order valence-corrected chi connectivity index (χ1v) is 3.25. The van der Waals surface area contributed by atoms with E-state index in [9.17, 15) is 8.78 Å². The number of halogens is 2. The van der Waals surface area contributed by atoms with Crippen molar-refractivity contribution >= 4 is 12.6 Å². The van der Waals surface area contributed by atoms with Crippen LogP contribution in [0.15, 0.2) is 18.2 Å². The third kappa shape index (κ3) is 2.01. The zero-order valence-corrected chi connectivity index (χ0v) is 6.28. The van der Waals surface area contributed by atoms with Gasteiger partial charge in [-0.15, -0.1) is 0 Å². The molecule has 0 saturated heterocycles. The summed E-state index contributed by atoms with van der Waals surface area (Å²) in [5.41, 5.74) is -0.440. The molecule has 2 N–H and O–H groups in total. The van der Waals surface area contributed by atoms with E-state index in [-0.39, 0.29) is 0 Å². The topological polar surface area (TPSA) is 58.9 Å². The van der Waals surface area contributed by atoms with E-state index in [4.69, 9.17) is 10.5 Å². The Morgan fingerprint density at radius 1 is 1.15 bits per heavy atom. The lowest BCUT2D eigenvalue weighted by atomic mass is 9.79. The summed E-state index contributed by atoms with van der Waals surface area (Å²) in [4.78, 5) is 7.08. The van der Waals surface area contributed by atoms with Crippen LogP contribution >= 0.6 is 0 Å². The Labute approximate surface area is 72.3 Å². The van der Waals surface area contributed by atoms with E-state index in [2.05, 4.69) is 9.61 Å². The first kappa shape index (κ1) is 10.1. The molecule has 0 unspecified atom stereocenters. The summed E-state index contributed by atoms with van der Waals surface area (Å²) < 4.78 is 25.4. The lowest BCUT2D eigenvalue weighted by molar-refractivity contribution is -0.221. The molecule has 7 heteroatoms. The molecule has 0 atom stereocenters. The second kappa shape index (κ2) is 4.29. The molecular formula is C6H5BF2O4. The number of rotatable bonds is 3. The molecule has 0 heterocycles. The zero-order chi connectivity index (χ0) is 9.84. The van der Waals surface area contributed by atoms with Gasteiger partial charge < -0.3 is 0 Å². The second-order valence-electron chi connectivity index (χ2n) is 2.19. The maximum absolute atomic E-state index is 12.9. The third-order valence-corrected chi connectivity index (χ3v) is 1.43. The van der Waals surface area contributed by atoms with Gasteiger partial charge in [0.15, 0.2) is 11.6 Å². The SMILES string of the molecule is OOB(OO)c1cccc(F)c1F. The molecular weight excluding hydrogens is 185 g/mol. The predicted octanol–water partition coefficient (Wildman–Crippen LogP) is 0.639. The highest BCUT2D eigenvalue weighted by Gasteiger charge is 2.27. The van der Waals surface area contributed by atoms with E-state index < -0.39 is 24.2 Å². The van der Waals surface area contributed by atoms with Crippen molar-refractivity contribution in [3.63, 3.8) is 0 Å². The van der Waals surface area contributed by atoms with Crippen molar-refractivity contribution in [3.8, 4) is 0 Å². The number of benzene rings is 1. The molecule has 4 nitrogen and oxygen atoms in total. The highest BCUT2D eigenvalue weighted by molar-refractivity contribution is 6.60. The van der Waals surface area contributed by atoms with Gasteiger partial charge in [0.05, 0.1) is 0 Å². The quantitative estimate of drug-likeness (QED) is 0.417. The molecule has 1 rings (SSSR count). The van der Waals surface area contributed by atoms with Crippen LogP contribution < -0.4 is 5.46 Å². The van der Waals surface area contributed by atoms with Gasteiger partial charge in [-0.25, -0.2) is 8.78 Å². The Morgan fingerprint density at radius 3 is 2.31 bits per heavy atom. The van der Waals surface area contributed by atoms with Crippen molar-refractivity contribution in [1.82, 2.24) is 0 Å². The van der Waals surface area contributed by atoms with E-state index in [1.54, 1.807) is 0 Å². The monoisotopic (exact) mass is 190 g/mol. The molecule has 70 valence electrons. The Hall–Kier alpha value is -1.02. The van der Waals surface area contributed by atoms with E-state index in [0.717, 1.165) is 12.1 Å². The van der Waals surface area contributed by atoms with Crippen LogP contribution in [0.4, 0.5) is 8.78 Å². The van der Waals surface area contributed by atoms with Crippen LogP contribution in [0, 0.1) is 11.6 Å². The molecule has 0 aromatic heterocycles. The number of hydrogen-bond acceptors (Lipinski definition) is 4. The molecule has 0 aliphatic rings. The summed E-state index contributed by atoms with van der Waals surface area (Å²) in [6.45, 7) is 0. The van der Waals surface area contributed by atoms with Gasteiger partial charge in [0.1, 0.15) is 0 Å². The van der Waals surface area contributed by atoms with Gasteiger partial charge in [-0.3, -0.25) is 20.1 Å². The molecule has 13 heavy (non-hydrogen) atoms. The lowest BCUT2D eigenvalue weighted by Crippen LogP contribution is -2.38. The largest absolute Gasteiger partial charge is 0.557 e. The highest BCUT2D eigenvalue weighted by Crippen LogP contribution is 2.03. The van der Waals surface area contributed by atoms with Crippen LogP contribution in [0.3, 0.4) is 0 Å². The molecule has 1 aromatic rings. The third-order valence-electron chi connectivity index (χ3n) is 1.43. The first-order chi connectivity index (χ1) is 6.20. The summed E-state index contributed by atoms with van der Waals surface area (Å²) in [5.74, 6) is -2.38. The summed E-state index contributed by atoms with van der Waals surface area (Å²) in [5, 5.41) is 16.2. The summed E-state index contributed by atoms with van der Waals surface area (Å²) in [6.07, 6.45) is 0. The van der Waals surface area contributed by atoms with Gasteiger partial charge in [-0.05, 0) is 6.07 Å². The fourth-order valence-electron chi connectivity index (χ4n) is 0.835. The smallest absolute Gasteiger partial charge is 0.264 e. The van der Waals surface area contributed by atoms with Crippen molar-refractivity contribution in [3.05, 3.63) is 29.8 Å². The Balaban J connectivity index is 3.05. The maximum Gasteiger partial charge on any atom is 0.557 e. The van der Waals surface area contributed by atoms with Crippen molar-refractivity contribution in [2.24, 2.45) is 0 Å². The van der Waals surface area contributed by atoms with Crippen molar-refractivity contribution < 1.29 is 28.9 Å². The van der Waals surface area contributed by atoms with Gasteiger partial charge in [0, 0.05) is 5.46 Å². The van der Waals surface area contributed by atoms with E-state index in [0.29, 0.717) is 0 Å². The standard InChI is InChI=1S/C6H5BF2O4/c8-5-3-1-2-4(6(5)9)7(12-10)13-11/h1-3,10-11H. The summed E-state index contributed by atoms with van der Waals surface area (Å²) in [6, 6.07) is 3.15. The molecule has 0 aliphatic heterocycles.